The van der Waals surface area contributed by atoms with Gasteiger partial charge in [0.2, 0.25) is 11.7 Å². The second-order valence-electron chi connectivity index (χ2n) is 6.52. The summed E-state index contributed by atoms with van der Waals surface area (Å²) >= 11 is 0. The fraction of sp³-hybridized carbons (Fsp3) is 0.611. The molecule has 6 nitrogen and oxygen atoms in total. The Bertz CT molecular complexity index is 602. The largest absolute Gasteiger partial charge is 0.493 e. The number of hydrogen-bond acceptors (Lipinski definition) is 5. The Kier molecular flexibility index (Phi) is 4.85. The van der Waals surface area contributed by atoms with Crippen molar-refractivity contribution in [2.75, 3.05) is 33.4 Å². The Labute approximate surface area is 143 Å². The fourth-order valence-electron chi connectivity index (χ4n) is 3.54. The summed E-state index contributed by atoms with van der Waals surface area (Å²) in [6.45, 7) is 7.40. The van der Waals surface area contributed by atoms with Gasteiger partial charge in [-0.15, -0.1) is 0 Å². The van der Waals surface area contributed by atoms with Gasteiger partial charge in [0, 0.05) is 19.6 Å². The molecule has 1 aromatic carbocycles. The zero-order valence-corrected chi connectivity index (χ0v) is 14.7. The number of amides is 1. The zero-order chi connectivity index (χ0) is 17.2. The van der Waals surface area contributed by atoms with E-state index in [-0.39, 0.29) is 5.91 Å². The highest BCUT2D eigenvalue weighted by Gasteiger charge is 2.41. The lowest BCUT2D eigenvalue weighted by atomic mass is 9.90. The molecule has 3 rings (SSSR count). The summed E-state index contributed by atoms with van der Waals surface area (Å²) in [5.41, 5.74) is 0.584. The van der Waals surface area contributed by atoms with Gasteiger partial charge in [0.1, 0.15) is 13.2 Å². The Morgan fingerprint density at radius 1 is 1.33 bits per heavy atom. The summed E-state index contributed by atoms with van der Waals surface area (Å²) in [4.78, 5) is 14.7. The topological polar surface area (TPSA) is 60.0 Å². The van der Waals surface area contributed by atoms with E-state index in [4.69, 9.17) is 14.2 Å². The number of rotatable bonds is 5. The first-order valence-corrected chi connectivity index (χ1v) is 8.58. The molecule has 1 amide bonds. The molecule has 1 saturated heterocycles. The molecule has 0 aliphatic carbocycles. The average Bonchev–Trinajstić information content (AvgIpc) is 2.59. The van der Waals surface area contributed by atoms with E-state index in [1.165, 1.54) is 0 Å². The van der Waals surface area contributed by atoms with E-state index < -0.39 is 5.54 Å². The summed E-state index contributed by atoms with van der Waals surface area (Å²) < 4.78 is 16.8. The first-order valence-electron chi connectivity index (χ1n) is 8.58. The molecular formula is C18H26N2O4. The van der Waals surface area contributed by atoms with Gasteiger partial charge in [0.05, 0.1) is 12.6 Å². The molecule has 0 aromatic heterocycles. The maximum absolute atomic E-state index is 12.4. The second-order valence-corrected chi connectivity index (χ2v) is 6.52. The van der Waals surface area contributed by atoms with Crippen LogP contribution in [0.1, 0.15) is 32.3 Å². The predicted molar refractivity (Wildman–Crippen MR) is 90.7 cm³/mol. The molecule has 1 N–H and O–H groups in total. The van der Waals surface area contributed by atoms with Crippen molar-refractivity contribution in [1.29, 1.82) is 0 Å². The number of ether oxygens (including phenoxy) is 3. The van der Waals surface area contributed by atoms with E-state index in [9.17, 15) is 4.79 Å². The van der Waals surface area contributed by atoms with Crippen LogP contribution in [0.5, 0.6) is 17.2 Å². The van der Waals surface area contributed by atoms with Crippen molar-refractivity contribution < 1.29 is 19.0 Å². The van der Waals surface area contributed by atoms with Crippen LogP contribution in [0, 0.1) is 0 Å². The van der Waals surface area contributed by atoms with E-state index >= 15 is 0 Å². The smallest absolute Gasteiger partial charge is 0.240 e. The number of carbonyl (C=O) groups is 1. The molecular weight excluding hydrogens is 308 g/mol. The third kappa shape index (κ3) is 3.02. The van der Waals surface area contributed by atoms with Crippen LogP contribution >= 0.6 is 0 Å². The molecule has 1 aromatic rings. The maximum Gasteiger partial charge on any atom is 0.240 e. The molecule has 0 saturated carbocycles. The Morgan fingerprint density at radius 2 is 2.12 bits per heavy atom. The number of piperazine rings is 1. The lowest BCUT2D eigenvalue weighted by molar-refractivity contribution is -0.137. The van der Waals surface area contributed by atoms with Crippen LogP contribution in [0.3, 0.4) is 0 Å². The van der Waals surface area contributed by atoms with Crippen LogP contribution in [0.15, 0.2) is 12.1 Å². The van der Waals surface area contributed by atoms with E-state index in [0.717, 1.165) is 24.9 Å². The average molecular weight is 334 g/mol. The third-order valence-corrected chi connectivity index (χ3v) is 4.85. The highest BCUT2D eigenvalue weighted by Crippen LogP contribution is 2.41. The van der Waals surface area contributed by atoms with Crippen molar-refractivity contribution >= 4 is 5.91 Å². The number of methoxy groups -OCH3 is 1. The van der Waals surface area contributed by atoms with E-state index in [0.29, 0.717) is 43.6 Å². The lowest BCUT2D eigenvalue weighted by Crippen LogP contribution is -2.62. The standard InChI is InChI=1S/C18H26N2O4/c1-4-5-18(2)17(21)19-6-7-20(18)12-13-10-14(22-3)16-15(11-13)23-8-9-24-16/h10-11H,4-9,12H2,1-3H3,(H,19,21). The van der Waals surface area contributed by atoms with Crippen molar-refractivity contribution in [3.05, 3.63) is 17.7 Å². The molecule has 0 radical (unpaired) electrons. The minimum absolute atomic E-state index is 0.111. The van der Waals surface area contributed by atoms with Crippen LogP contribution in [-0.2, 0) is 11.3 Å². The van der Waals surface area contributed by atoms with Crippen LogP contribution in [0.25, 0.3) is 0 Å². The van der Waals surface area contributed by atoms with Gasteiger partial charge >= 0.3 is 0 Å². The van der Waals surface area contributed by atoms with Gasteiger partial charge in [-0.1, -0.05) is 13.3 Å². The van der Waals surface area contributed by atoms with Gasteiger partial charge in [0.15, 0.2) is 11.5 Å². The molecule has 0 spiro atoms. The minimum atomic E-state index is -0.479. The molecule has 0 bridgehead atoms. The lowest BCUT2D eigenvalue weighted by Gasteiger charge is -2.43. The van der Waals surface area contributed by atoms with Crippen molar-refractivity contribution in [1.82, 2.24) is 10.2 Å². The molecule has 2 aliphatic rings. The molecule has 2 aliphatic heterocycles. The Hall–Kier alpha value is -1.95. The molecule has 132 valence electrons. The van der Waals surface area contributed by atoms with Gasteiger partial charge < -0.3 is 19.5 Å². The van der Waals surface area contributed by atoms with Crippen LogP contribution < -0.4 is 19.5 Å². The molecule has 2 heterocycles. The number of hydrogen-bond donors (Lipinski definition) is 1. The maximum atomic E-state index is 12.4. The van der Waals surface area contributed by atoms with Crippen molar-refractivity contribution in [2.24, 2.45) is 0 Å². The molecule has 1 atom stereocenters. The first-order chi connectivity index (χ1) is 11.6. The van der Waals surface area contributed by atoms with Crippen LogP contribution in [0.2, 0.25) is 0 Å². The number of nitrogens with one attached hydrogen (secondary N) is 1. The highest BCUT2D eigenvalue weighted by molar-refractivity contribution is 5.86. The highest BCUT2D eigenvalue weighted by atomic mass is 16.6. The van der Waals surface area contributed by atoms with Crippen molar-refractivity contribution in [2.45, 2.75) is 38.8 Å². The summed E-state index contributed by atoms with van der Waals surface area (Å²) in [7, 11) is 1.63. The molecule has 1 fully saturated rings. The number of fused-ring (bicyclic) bond motifs is 1. The van der Waals surface area contributed by atoms with Crippen molar-refractivity contribution in [3.63, 3.8) is 0 Å². The van der Waals surface area contributed by atoms with Gasteiger partial charge in [-0.25, -0.2) is 0 Å². The summed E-state index contributed by atoms with van der Waals surface area (Å²) in [6.07, 6.45) is 1.80. The van der Waals surface area contributed by atoms with Gasteiger partial charge in [0.25, 0.3) is 0 Å². The fourth-order valence-corrected chi connectivity index (χ4v) is 3.54. The first kappa shape index (κ1) is 16.9. The quantitative estimate of drug-likeness (QED) is 0.892. The molecule has 6 heteroatoms. The van der Waals surface area contributed by atoms with E-state index in [1.807, 2.05) is 19.1 Å². The number of nitrogens with zero attached hydrogens (tertiary/aromatic N) is 1. The SMILES string of the molecule is CCCC1(C)C(=O)NCCN1Cc1cc(OC)c2c(c1)OCCO2. The minimum Gasteiger partial charge on any atom is -0.493 e. The Morgan fingerprint density at radius 3 is 2.88 bits per heavy atom. The van der Waals surface area contributed by atoms with Crippen LogP contribution in [-0.4, -0.2) is 49.8 Å². The summed E-state index contributed by atoms with van der Waals surface area (Å²) in [5, 5.41) is 3.00. The molecule has 1 unspecified atom stereocenters. The van der Waals surface area contributed by atoms with Crippen LogP contribution in [0.4, 0.5) is 0 Å². The summed E-state index contributed by atoms with van der Waals surface area (Å²) in [6, 6.07) is 3.97. The van der Waals surface area contributed by atoms with Gasteiger partial charge in [-0.2, -0.15) is 0 Å². The monoisotopic (exact) mass is 334 g/mol. The Balaban J connectivity index is 1.88. The zero-order valence-electron chi connectivity index (χ0n) is 14.7. The third-order valence-electron chi connectivity index (χ3n) is 4.85. The second kappa shape index (κ2) is 6.89. The number of carbonyl (C=O) groups excluding carboxylic acids is 1. The van der Waals surface area contributed by atoms with E-state index in [1.54, 1.807) is 7.11 Å². The summed E-state index contributed by atoms with van der Waals surface area (Å²) in [5.74, 6) is 2.18. The predicted octanol–water partition coefficient (Wildman–Crippen LogP) is 1.96. The normalized spacial score (nSPS) is 23.7. The van der Waals surface area contributed by atoms with Crippen molar-refractivity contribution in [3.8, 4) is 17.2 Å². The number of benzene rings is 1. The van der Waals surface area contributed by atoms with Gasteiger partial charge in [-0.05, 0) is 31.0 Å². The van der Waals surface area contributed by atoms with E-state index in [2.05, 4.69) is 17.1 Å². The molecule has 24 heavy (non-hydrogen) atoms. The van der Waals surface area contributed by atoms with Gasteiger partial charge in [-0.3, -0.25) is 9.69 Å².